The molecule has 0 atom stereocenters. The number of esters is 1. The average Bonchev–Trinajstić information content (AvgIpc) is 3.21. The maximum absolute atomic E-state index is 12.6. The summed E-state index contributed by atoms with van der Waals surface area (Å²) in [4.78, 5) is 23.8. The number of nitrogens with one attached hydrogen (secondary N) is 1. The lowest BCUT2D eigenvalue weighted by Crippen LogP contribution is -2.15. The molecule has 3 rings (SSSR count). The summed E-state index contributed by atoms with van der Waals surface area (Å²) >= 11 is 0. The monoisotopic (exact) mass is 351 g/mol. The van der Waals surface area contributed by atoms with Crippen LogP contribution in [0.25, 0.3) is 5.69 Å². The van der Waals surface area contributed by atoms with Gasteiger partial charge in [-0.05, 0) is 36.4 Å². The van der Waals surface area contributed by atoms with Gasteiger partial charge in [-0.3, -0.25) is 4.79 Å². The Morgan fingerprint density at radius 1 is 1.12 bits per heavy atom. The van der Waals surface area contributed by atoms with Crippen molar-refractivity contribution in [2.45, 2.75) is 0 Å². The molecule has 0 aliphatic rings. The third kappa shape index (κ3) is 4.07. The van der Waals surface area contributed by atoms with E-state index in [1.165, 1.54) is 7.11 Å². The van der Waals surface area contributed by atoms with Crippen LogP contribution in [0, 0.1) is 0 Å². The van der Waals surface area contributed by atoms with E-state index >= 15 is 0 Å². The number of hydrogen-bond donors (Lipinski definition) is 1. The Morgan fingerprint density at radius 2 is 1.96 bits per heavy atom. The molecule has 0 bridgehead atoms. The minimum Gasteiger partial charge on any atom is -0.482 e. The van der Waals surface area contributed by atoms with Crippen molar-refractivity contribution in [1.29, 1.82) is 0 Å². The van der Waals surface area contributed by atoms with Crippen molar-refractivity contribution in [2.75, 3.05) is 19.0 Å². The molecule has 0 unspecified atom stereocenters. The quantitative estimate of drug-likeness (QED) is 0.691. The van der Waals surface area contributed by atoms with Crippen LogP contribution in [0.2, 0.25) is 0 Å². The normalized spacial score (nSPS) is 10.2. The predicted octanol–water partition coefficient (Wildman–Crippen LogP) is 2.68. The van der Waals surface area contributed by atoms with Crippen LogP contribution in [0.4, 0.5) is 5.69 Å². The van der Waals surface area contributed by atoms with Gasteiger partial charge in [0.2, 0.25) is 0 Å². The van der Waals surface area contributed by atoms with Crippen LogP contribution >= 0.6 is 0 Å². The van der Waals surface area contributed by atoms with Gasteiger partial charge in [-0.2, -0.15) is 5.10 Å². The second-order valence-corrected chi connectivity index (χ2v) is 5.31. The second kappa shape index (κ2) is 7.98. The first-order valence-electron chi connectivity index (χ1n) is 7.87. The standard InChI is InChI=1S/C19H17N3O4/c1-25-18(23)13-26-15-7-4-6-14(12-15)19(24)21-16-8-2-3-9-17(16)22-11-5-10-20-22/h2-12H,13H2,1H3,(H,21,24). The Labute approximate surface area is 150 Å². The van der Waals surface area contributed by atoms with Gasteiger partial charge in [0, 0.05) is 18.0 Å². The average molecular weight is 351 g/mol. The van der Waals surface area contributed by atoms with E-state index in [1.54, 1.807) is 53.5 Å². The van der Waals surface area contributed by atoms with E-state index < -0.39 is 5.97 Å². The molecule has 3 aromatic rings. The molecule has 0 aliphatic carbocycles. The van der Waals surface area contributed by atoms with Crippen molar-refractivity contribution in [3.63, 3.8) is 0 Å². The van der Waals surface area contributed by atoms with Gasteiger partial charge >= 0.3 is 5.97 Å². The van der Waals surface area contributed by atoms with Crippen LogP contribution < -0.4 is 10.1 Å². The summed E-state index contributed by atoms with van der Waals surface area (Å²) in [5, 5.41) is 7.06. The third-order valence-corrected chi connectivity index (χ3v) is 3.58. The number of carbonyl (C=O) groups excluding carboxylic acids is 2. The molecule has 7 heteroatoms. The summed E-state index contributed by atoms with van der Waals surface area (Å²) in [6.45, 7) is -0.219. The van der Waals surface area contributed by atoms with Crippen molar-refractivity contribution in [3.05, 3.63) is 72.6 Å². The van der Waals surface area contributed by atoms with Crippen molar-refractivity contribution in [1.82, 2.24) is 9.78 Å². The molecule has 132 valence electrons. The molecular weight excluding hydrogens is 334 g/mol. The van der Waals surface area contributed by atoms with E-state index in [0.29, 0.717) is 17.0 Å². The first kappa shape index (κ1) is 17.2. The zero-order valence-corrected chi connectivity index (χ0v) is 14.1. The number of benzene rings is 2. The number of hydrogen-bond acceptors (Lipinski definition) is 5. The number of carbonyl (C=O) groups is 2. The van der Waals surface area contributed by atoms with Crippen LogP contribution in [0.3, 0.4) is 0 Å². The van der Waals surface area contributed by atoms with Crippen LogP contribution in [0.1, 0.15) is 10.4 Å². The predicted molar refractivity (Wildman–Crippen MR) is 95.5 cm³/mol. The second-order valence-electron chi connectivity index (χ2n) is 5.31. The molecular formula is C19H17N3O4. The Hall–Kier alpha value is -3.61. The van der Waals surface area contributed by atoms with E-state index in [4.69, 9.17) is 4.74 Å². The fourth-order valence-corrected chi connectivity index (χ4v) is 2.31. The van der Waals surface area contributed by atoms with Crippen LogP contribution in [0.15, 0.2) is 67.0 Å². The van der Waals surface area contributed by atoms with Gasteiger partial charge in [0.25, 0.3) is 5.91 Å². The fourth-order valence-electron chi connectivity index (χ4n) is 2.31. The topological polar surface area (TPSA) is 82.5 Å². The first-order chi connectivity index (χ1) is 12.7. The van der Waals surface area contributed by atoms with Gasteiger partial charge in [-0.15, -0.1) is 0 Å². The Kier molecular flexibility index (Phi) is 5.28. The number of para-hydroxylation sites is 2. The van der Waals surface area contributed by atoms with Crippen LogP contribution in [-0.4, -0.2) is 35.4 Å². The summed E-state index contributed by atoms with van der Waals surface area (Å²) in [5.41, 5.74) is 1.79. The number of methoxy groups -OCH3 is 1. The summed E-state index contributed by atoms with van der Waals surface area (Å²) in [5.74, 6) is -0.385. The lowest BCUT2D eigenvalue weighted by molar-refractivity contribution is -0.142. The summed E-state index contributed by atoms with van der Waals surface area (Å²) < 4.78 is 11.5. The van der Waals surface area contributed by atoms with Crippen molar-refractivity contribution in [2.24, 2.45) is 0 Å². The van der Waals surface area contributed by atoms with Gasteiger partial charge in [0.05, 0.1) is 18.5 Å². The first-order valence-corrected chi connectivity index (χ1v) is 7.87. The number of anilines is 1. The number of rotatable bonds is 6. The van der Waals surface area contributed by atoms with Crippen LogP contribution in [0.5, 0.6) is 5.75 Å². The highest BCUT2D eigenvalue weighted by Gasteiger charge is 2.11. The Bertz CT molecular complexity index is 907. The number of nitrogens with zero attached hydrogens (tertiary/aromatic N) is 2. The van der Waals surface area contributed by atoms with Gasteiger partial charge in [0.1, 0.15) is 5.75 Å². The van der Waals surface area contributed by atoms with Gasteiger partial charge in [-0.1, -0.05) is 18.2 Å². The molecule has 26 heavy (non-hydrogen) atoms. The summed E-state index contributed by atoms with van der Waals surface area (Å²) in [6, 6.07) is 15.7. The molecule has 1 aromatic heterocycles. The molecule has 0 saturated heterocycles. The largest absolute Gasteiger partial charge is 0.482 e. The van der Waals surface area contributed by atoms with Crippen molar-refractivity contribution >= 4 is 17.6 Å². The summed E-state index contributed by atoms with van der Waals surface area (Å²) in [7, 11) is 1.28. The molecule has 2 aromatic carbocycles. The molecule has 1 heterocycles. The van der Waals surface area contributed by atoms with Crippen molar-refractivity contribution in [3.8, 4) is 11.4 Å². The van der Waals surface area contributed by atoms with E-state index in [1.807, 2.05) is 18.2 Å². The molecule has 0 spiro atoms. The highest BCUT2D eigenvalue weighted by atomic mass is 16.6. The van der Waals surface area contributed by atoms with E-state index in [0.717, 1.165) is 5.69 Å². The zero-order chi connectivity index (χ0) is 18.4. The Balaban J connectivity index is 1.76. The smallest absolute Gasteiger partial charge is 0.343 e. The number of amides is 1. The van der Waals surface area contributed by atoms with E-state index in [-0.39, 0.29) is 12.5 Å². The molecule has 1 amide bonds. The minimum absolute atomic E-state index is 0.219. The fraction of sp³-hybridized carbons (Fsp3) is 0.105. The van der Waals surface area contributed by atoms with Gasteiger partial charge in [0.15, 0.2) is 6.61 Å². The molecule has 0 aliphatic heterocycles. The number of ether oxygens (including phenoxy) is 2. The molecule has 7 nitrogen and oxygen atoms in total. The highest BCUT2D eigenvalue weighted by molar-refractivity contribution is 6.05. The molecule has 0 saturated carbocycles. The minimum atomic E-state index is -0.493. The number of aromatic nitrogens is 2. The molecule has 0 radical (unpaired) electrons. The highest BCUT2D eigenvalue weighted by Crippen LogP contribution is 2.21. The SMILES string of the molecule is COC(=O)COc1cccc(C(=O)Nc2ccccc2-n2cccn2)c1. The maximum Gasteiger partial charge on any atom is 0.343 e. The van der Waals surface area contributed by atoms with E-state index in [2.05, 4.69) is 15.2 Å². The lowest BCUT2D eigenvalue weighted by atomic mass is 10.2. The van der Waals surface area contributed by atoms with Gasteiger partial charge in [-0.25, -0.2) is 9.48 Å². The maximum atomic E-state index is 12.6. The third-order valence-electron chi connectivity index (χ3n) is 3.58. The Morgan fingerprint density at radius 3 is 2.73 bits per heavy atom. The molecule has 1 N–H and O–H groups in total. The van der Waals surface area contributed by atoms with Gasteiger partial charge < -0.3 is 14.8 Å². The van der Waals surface area contributed by atoms with Crippen molar-refractivity contribution < 1.29 is 19.1 Å². The zero-order valence-electron chi connectivity index (χ0n) is 14.1. The van der Waals surface area contributed by atoms with E-state index in [9.17, 15) is 9.59 Å². The summed E-state index contributed by atoms with van der Waals surface area (Å²) in [6.07, 6.45) is 3.47. The van der Waals surface area contributed by atoms with Crippen LogP contribution in [-0.2, 0) is 9.53 Å². The molecule has 0 fully saturated rings. The lowest BCUT2D eigenvalue weighted by Gasteiger charge is -2.12.